The third-order valence-electron chi connectivity index (χ3n) is 2.74. The number of fused-ring (bicyclic) bond motifs is 1. The van der Waals surface area contributed by atoms with Crippen molar-refractivity contribution in [2.24, 2.45) is 0 Å². The quantitative estimate of drug-likeness (QED) is 0.669. The lowest BCUT2D eigenvalue weighted by molar-refractivity contribution is 0.415. The predicted molar refractivity (Wildman–Crippen MR) is 66.0 cm³/mol. The summed E-state index contributed by atoms with van der Waals surface area (Å²) in [7, 11) is 1.66. The second kappa shape index (κ2) is 3.94. The minimum atomic E-state index is 0.797. The average molecular weight is 225 g/mol. The molecular formula is C14H11NO2. The van der Waals surface area contributed by atoms with E-state index >= 15 is 0 Å². The maximum Gasteiger partial charge on any atom is 0.182 e. The molecule has 1 aromatic heterocycles. The topological polar surface area (TPSA) is 35.3 Å². The average Bonchev–Trinajstić information content (AvgIpc) is 2.87. The molecule has 0 aliphatic carbocycles. The zero-order chi connectivity index (χ0) is 11.7. The van der Waals surface area contributed by atoms with E-state index in [-0.39, 0.29) is 0 Å². The van der Waals surface area contributed by atoms with Crippen LogP contribution in [0.3, 0.4) is 0 Å². The minimum Gasteiger partial charge on any atom is -0.497 e. The van der Waals surface area contributed by atoms with Gasteiger partial charge >= 0.3 is 0 Å². The molecule has 84 valence electrons. The summed E-state index contributed by atoms with van der Waals surface area (Å²) >= 11 is 0. The van der Waals surface area contributed by atoms with Crippen LogP contribution in [0.2, 0.25) is 0 Å². The Balaban J connectivity index is 2.23. The number of hydrogen-bond donors (Lipinski definition) is 0. The van der Waals surface area contributed by atoms with E-state index in [1.54, 1.807) is 7.11 Å². The monoisotopic (exact) mass is 225 g/mol. The first kappa shape index (κ1) is 9.90. The van der Waals surface area contributed by atoms with Gasteiger partial charge in [0.15, 0.2) is 12.0 Å². The van der Waals surface area contributed by atoms with Crippen LogP contribution >= 0.6 is 0 Å². The van der Waals surface area contributed by atoms with Crippen molar-refractivity contribution in [1.82, 2.24) is 4.98 Å². The van der Waals surface area contributed by atoms with Crippen LogP contribution in [0.5, 0.6) is 5.75 Å². The summed E-state index contributed by atoms with van der Waals surface area (Å²) in [5, 5.41) is 0. The normalized spacial score (nSPS) is 10.6. The number of aromatic nitrogens is 1. The van der Waals surface area contributed by atoms with E-state index in [2.05, 4.69) is 4.98 Å². The number of oxazole rings is 1. The Kier molecular flexibility index (Phi) is 2.29. The van der Waals surface area contributed by atoms with Gasteiger partial charge in [0.1, 0.15) is 11.3 Å². The van der Waals surface area contributed by atoms with E-state index in [1.165, 1.54) is 6.39 Å². The van der Waals surface area contributed by atoms with E-state index in [1.807, 2.05) is 42.5 Å². The van der Waals surface area contributed by atoms with Crippen LogP contribution in [0.4, 0.5) is 0 Å². The molecule has 3 heteroatoms. The fourth-order valence-corrected chi connectivity index (χ4v) is 1.91. The minimum absolute atomic E-state index is 0.797. The van der Waals surface area contributed by atoms with Crippen LogP contribution in [0.25, 0.3) is 22.2 Å². The van der Waals surface area contributed by atoms with Crippen molar-refractivity contribution in [1.29, 1.82) is 0 Å². The molecule has 0 aliphatic rings. The Labute approximate surface area is 98.7 Å². The molecule has 0 amide bonds. The van der Waals surface area contributed by atoms with E-state index < -0.39 is 0 Å². The highest BCUT2D eigenvalue weighted by Crippen LogP contribution is 2.29. The van der Waals surface area contributed by atoms with E-state index in [0.29, 0.717) is 0 Å². The molecule has 2 aromatic carbocycles. The molecule has 0 saturated carbocycles. The summed E-state index contributed by atoms with van der Waals surface area (Å²) in [6.07, 6.45) is 1.47. The van der Waals surface area contributed by atoms with Crippen LogP contribution < -0.4 is 4.74 Å². The van der Waals surface area contributed by atoms with Crippen LogP contribution in [-0.2, 0) is 0 Å². The third kappa shape index (κ3) is 1.65. The SMILES string of the molecule is COc1cccc(-c2cccc3ocnc23)c1. The van der Waals surface area contributed by atoms with Gasteiger partial charge in [-0.05, 0) is 23.8 Å². The van der Waals surface area contributed by atoms with Crippen LogP contribution in [-0.4, -0.2) is 12.1 Å². The Bertz CT molecular complexity index is 658. The lowest BCUT2D eigenvalue weighted by atomic mass is 10.0. The van der Waals surface area contributed by atoms with Gasteiger partial charge in [-0.25, -0.2) is 4.98 Å². The number of rotatable bonds is 2. The molecule has 0 fully saturated rings. The van der Waals surface area contributed by atoms with Gasteiger partial charge in [0.25, 0.3) is 0 Å². The predicted octanol–water partition coefficient (Wildman–Crippen LogP) is 3.50. The molecule has 0 N–H and O–H groups in total. The van der Waals surface area contributed by atoms with Crippen LogP contribution in [0, 0.1) is 0 Å². The Hall–Kier alpha value is -2.29. The molecule has 0 aliphatic heterocycles. The Morgan fingerprint density at radius 3 is 2.88 bits per heavy atom. The summed E-state index contributed by atoms with van der Waals surface area (Å²) in [5.74, 6) is 0.836. The van der Waals surface area contributed by atoms with Gasteiger partial charge in [-0.1, -0.05) is 24.3 Å². The molecule has 0 bridgehead atoms. The lowest BCUT2D eigenvalue weighted by Gasteiger charge is -2.04. The first-order chi connectivity index (χ1) is 8.38. The van der Waals surface area contributed by atoms with Crippen molar-refractivity contribution < 1.29 is 9.15 Å². The van der Waals surface area contributed by atoms with Crippen molar-refractivity contribution in [2.45, 2.75) is 0 Å². The number of benzene rings is 2. The van der Waals surface area contributed by atoms with Gasteiger partial charge in [-0.2, -0.15) is 0 Å². The summed E-state index contributed by atoms with van der Waals surface area (Å²) in [6, 6.07) is 13.8. The summed E-state index contributed by atoms with van der Waals surface area (Å²) in [6.45, 7) is 0. The van der Waals surface area contributed by atoms with Crippen molar-refractivity contribution >= 4 is 11.1 Å². The van der Waals surface area contributed by atoms with E-state index in [0.717, 1.165) is 28.0 Å². The highest BCUT2D eigenvalue weighted by Gasteiger charge is 2.07. The summed E-state index contributed by atoms with van der Waals surface area (Å²) in [5.41, 5.74) is 3.80. The largest absolute Gasteiger partial charge is 0.497 e. The van der Waals surface area contributed by atoms with E-state index in [9.17, 15) is 0 Å². The smallest absolute Gasteiger partial charge is 0.182 e. The van der Waals surface area contributed by atoms with Crippen LogP contribution in [0.15, 0.2) is 53.3 Å². The Morgan fingerprint density at radius 1 is 1.12 bits per heavy atom. The second-order valence-electron chi connectivity index (χ2n) is 3.74. The molecule has 3 nitrogen and oxygen atoms in total. The maximum atomic E-state index is 5.29. The van der Waals surface area contributed by atoms with Crippen molar-refractivity contribution in [2.75, 3.05) is 7.11 Å². The number of ether oxygens (including phenoxy) is 1. The van der Waals surface area contributed by atoms with E-state index in [4.69, 9.17) is 9.15 Å². The third-order valence-corrected chi connectivity index (χ3v) is 2.74. The molecule has 0 atom stereocenters. The number of hydrogen-bond acceptors (Lipinski definition) is 3. The molecule has 0 unspecified atom stereocenters. The molecule has 17 heavy (non-hydrogen) atoms. The van der Waals surface area contributed by atoms with Crippen LogP contribution in [0.1, 0.15) is 0 Å². The molecule has 3 rings (SSSR count). The molecule has 0 spiro atoms. The number of nitrogens with zero attached hydrogens (tertiary/aromatic N) is 1. The highest BCUT2D eigenvalue weighted by atomic mass is 16.5. The highest BCUT2D eigenvalue weighted by molar-refractivity contribution is 5.90. The first-order valence-corrected chi connectivity index (χ1v) is 5.35. The fourth-order valence-electron chi connectivity index (χ4n) is 1.91. The standard InChI is InChI=1S/C14H11NO2/c1-16-11-5-2-4-10(8-11)12-6-3-7-13-14(12)15-9-17-13/h2-9H,1H3. The summed E-state index contributed by atoms with van der Waals surface area (Å²) < 4.78 is 10.5. The molecule has 3 aromatic rings. The van der Waals surface area contributed by atoms with Gasteiger partial charge in [0.05, 0.1) is 7.11 Å². The van der Waals surface area contributed by atoms with Crippen molar-refractivity contribution in [3.05, 3.63) is 48.9 Å². The number of methoxy groups -OCH3 is 1. The lowest BCUT2D eigenvalue weighted by Crippen LogP contribution is -1.84. The molecule has 0 radical (unpaired) electrons. The summed E-state index contributed by atoms with van der Waals surface area (Å²) in [4.78, 5) is 4.24. The van der Waals surface area contributed by atoms with Crippen molar-refractivity contribution in [3.8, 4) is 16.9 Å². The number of para-hydroxylation sites is 1. The zero-order valence-electron chi connectivity index (χ0n) is 9.38. The first-order valence-electron chi connectivity index (χ1n) is 5.35. The maximum absolute atomic E-state index is 5.29. The van der Waals surface area contributed by atoms with Crippen molar-refractivity contribution in [3.63, 3.8) is 0 Å². The zero-order valence-corrected chi connectivity index (χ0v) is 9.38. The van der Waals surface area contributed by atoms with Gasteiger partial charge in [-0.15, -0.1) is 0 Å². The van der Waals surface area contributed by atoms with Gasteiger partial charge in [0.2, 0.25) is 0 Å². The molecule has 0 saturated heterocycles. The van der Waals surface area contributed by atoms with Gasteiger partial charge < -0.3 is 9.15 Å². The second-order valence-corrected chi connectivity index (χ2v) is 3.74. The Morgan fingerprint density at radius 2 is 2.00 bits per heavy atom. The fraction of sp³-hybridized carbons (Fsp3) is 0.0714. The molecule has 1 heterocycles. The van der Waals surface area contributed by atoms with Gasteiger partial charge in [0, 0.05) is 5.56 Å². The molecular weight excluding hydrogens is 214 g/mol. The van der Waals surface area contributed by atoms with Gasteiger partial charge in [-0.3, -0.25) is 0 Å².